The summed E-state index contributed by atoms with van der Waals surface area (Å²) in [5, 5.41) is 3.00. The van der Waals surface area contributed by atoms with Gasteiger partial charge in [0, 0.05) is 32.7 Å². The minimum Gasteiger partial charge on any atom is -0.355 e. The number of rotatable bonds is 7. The van der Waals surface area contributed by atoms with E-state index >= 15 is 0 Å². The SMILES string of the molecule is CCN1CCN(C(=O)C2(C(=O)NCCCc3ccccc3)CC2)CC1. The number of carbonyl (C=O) groups excluding carboxylic acids is 2. The summed E-state index contributed by atoms with van der Waals surface area (Å²) < 4.78 is 0. The van der Waals surface area contributed by atoms with E-state index in [-0.39, 0.29) is 11.8 Å². The summed E-state index contributed by atoms with van der Waals surface area (Å²) in [5.74, 6) is -0.0210. The molecule has 2 amide bonds. The summed E-state index contributed by atoms with van der Waals surface area (Å²) in [6, 6.07) is 10.3. The highest BCUT2D eigenvalue weighted by molar-refractivity contribution is 6.07. The highest BCUT2D eigenvalue weighted by atomic mass is 16.2. The number of likely N-dealkylation sites (N-methyl/N-ethyl adjacent to an activating group) is 1. The number of hydrogen-bond donors (Lipinski definition) is 1. The van der Waals surface area contributed by atoms with Gasteiger partial charge in [0.1, 0.15) is 5.41 Å². The van der Waals surface area contributed by atoms with Crippen LogP contribution in [0.4, 0.5) is 0 Å². The lowest BCUT2D eigenvalue weighted by Gasteiger charge is -2.35. The first-order valence-electron chi connectivity index (χ1n) is 9.49. The van der Waals surface area contributed by atoms with Crippen molar-refractivity contribution in [1.82, 2.24) is 15.1 Å². The molecule has 0 atom stereocenters. The Morgan fingerprint density at radius 1 is 1.08 bits per heavy atom. The molecule has 0 radical (unpaired) electrons. The van der Waals surface area contributed by atoms with Gasteiger partial charge in [-0.15, -0.1) is 0 Å². The van der Waals surface area contributed by atoms with E-state index in [1.807, 2.05) is 23.1 Å². The molecule has 1 aliphatic carbocycles. The predicted molar refractivity (Wildman–Crippen MR) is 98.1 cm³/mol. The molecule has 0 spiro atoms. The van der Waals surface area contributed by atoms with Crippen LogP contribution >= 0.6 is 0 Å². The molecule has 1 aromatic rings. The number of nitrogens with zero attached hydrogens (tertiary/aromatic N) is 2. The standard InChI is InChI=1S/C20H29N3O2/c1-2-22-13-15-23(16-14-22)19(25)20(10-11-20)18(24)21-12-6-9-17-7-4-3-5-8-17/h3-5,7-8H,2,6,9-16H2,1H3,(H,21,24). The van der Waals surface area contributed by atoms with Crippen molar-refractivity contribution in [2.24, 2.45) is 5.41 Å². The van der Waals surface area contributed by atoms with E-state index in [0.717, 1.165) is 45.6 Å². The van der Waals surface area contributed by atoms with Gasteiger partial charge in [0.25, 0.3) is 0 Å². The molecule has 5 heteroatoms. The minimum absolute atomic E-state index is 0.0452. The average Bonchev–Trinajstić information content (AvgIpc) is 3.47. The predicted octanol–water partition coefficient (Wildman–Crippen LogP) is 1.68. The van der Waals surface area contributed by atoms with Gasteiger partial charge in [0.05, 0.1) is 0 Å². The third-order valence-electron chi connectivity index (χ3n) is 5.47. The maximum absolute atomic E-state index is 12.8. The molecule has 2 aliphatic rings. The largest absolute Gasteiger partial charge is 0.355 e. The smallest absolute Gasteiger partial charge is 0.238 e. The van der Waals surface area contributed by atoms with Gasteiger partial charge in [-0.3, -0.25) is 9.59 Å². The maximum atomic E-state index is 12.8. The zero-order chi connectivity index (χ0) is 17.7. The van der Waals surface area contributed by atoms with Crippen LogP contribution in [-0.2, 0) is 16.0 Å². The van der Waals surface area contributed by atoms with E-state index in [2.05, 4.69) is 29.3 Å². The van der Waals surface area contributed by atoms with Crippen LogP contribution in [0.2, 0.25) is 0 Å². The molecule has 5 nitrogen and oxygen atoms in total. The fraction of sp³-hybridized carbons (Fsp3) is 0.600. The molecular weight excluding hydrogens is 314 g/mol. The van der Waals surface area contributed by atoms with Crippen molar-refractivity contribution in [2.45, 2.75) is 32.6 Å². The van der Waals surface area contributed by atoms with Crippen molar-refractivity contribution < 1.29 is 9.59 Å². The average molecular weight is 343 g/mol. The second-order valence-corrected chi connectivity index (χ2v) is 7.15. The highest BCUT2D eigenvalue weighted by Gasteiger charge is 2.57. The van der Waals surface area contributed by atoms with Crippen LogP contribution in [0.25, 0.3) is 0 Å². The Bertz CT molecular complexity index is 590. The van der Waals surface area contributed by atoms with Crippen molar-refractivity contribution >= 4 is 11.8 Å². The van der Waals surface area contributed by atoms with Gasteiger partial charge in [-0.1, -0.05) is 37.3 Å². The third-order valence-corrected chi connectivity index (χ3v) is 5.47. The lowest BCUT2D eigenvalue weighted by atomic mass is 10.0. The number of benzene rings is 1. The quantitative estimate of drug-likeness (QED) is 0.605. The van der Waals surface area contributed by atoms with Gasteiger partial charge in [0.2, 0.25) is 11.8 Å². The van der Waals surface area contributed by atoms with Crippen LogP contribution in [0.5, 0.6) is 0 Å². The van der Waals surface area contributed by atoms with E-state index in [4.69, 9.17) is 0 Å². The molecule has 0 unspecified atom stereocenters. The molecule has 1 heterocycles. The van der Waals surface area contributed by atoms with E-state index in [0.29, 0.717) is 19.4 Å². The summed E-state index contributed by atoms with van der Waals surface area (Å²) in [5.41, 5.74) is 0.518. The summed E-state index contributed by atoms with van der Waals surface area (Å²) >= 11 is 0. The normalized spacial score (nSPS) is 19.5. The van der Waals surface area contributed by atoms with Crippen LogP contribution in [-0.4, -0.2) is 60.9 Å². The van der Waals surface area contributed by atoms with Crippen LogP contribution < -0.4 is 5.32 Å². The van der Waals surface area contributed by atoms with Gasteiger partial charge in [0.15, 0.2) is 0 Å². The van der Waals surface area contributed by atoms with Crippen LogP contribution in [0.15, 0.2) is 30.3 Å². The van der Waals surface area contributed by atoms with Crippen molar-refractivity contribution in [1.29, 1.82) is 0 Å². The second-order valence-electron chi connectivity index (χ2n) is 7.15. The lowest BCUT2D eigenvalue weighted by Crippen LogP contribution is -2.53. The van der Waals surface area contributed by atoms with Gasteiger partial charge in [-0.05, 0) is 37.8 Å². The van der Waals surface area contributed by atoms with Gasteiger partial charge >= 0.3 is 0 Å². The molecule has 1 saturated carbocycles. The van der Waals surface area contributed by atoms with Gasteiger partial charge < -0.3 is 15.1 Å². The summed E-state index contributed by atoms with van der Waals surface area (Å²) in [6.07, 6.45) is 3.24. The van der Waals surface area contributed by atoms with Gasteiger partial charge in [-0.25, -0.2) is 0 Å². The van der Waals surface area contributed by atoms with Crippen molar-refractivity contribution in [3.63, 3.8) is 0 Å². The van der Waals surface area contributed by atoms with Crippen molar-refractivity contribution in [2.75, 3.05) is 39.3 Å². The Kier molecular flexibility index (Phi) is 5.74. The molecular formula is C20H29N3O2. The Balaban J connectivity index is 1.44. The van der Waals surface area contributed by atoms with E-state index in [9.17, 15) is 9.59 Å². The molecule has 2 fully saturated rings. The van der Waals surface area contributed by atoms with E-state index in [1.54, 1.807) is 0 Å². The van der Waals surface area contributed by atoms with Crippen LogP contribution in [0.1, 0.15) is 31.7 Å². The molecule has 1 aromatic carbocycles. The van der Waals surface area contributed by atoms with Crippen LogP contribution in [0, 0.1) is 5.41 Å². The Morgan fingerprint density at radius 3 is 2.36 bits per heavy atom. The summed E-state index contributed by atoms with van der Waals surface area (Å²) in [6.45, 7) is 7.11. The molecule has 0 aromatic heterocycles. The summed E-state index contributed by atoms with van der Waals surface area (Å²) in [4.78, 5) is 29.6. The topological polar surface area (TPSA) is 52.7 Å². The third kappa shape index (κ3) is 4.21. The molecule has 1 saturated heterocycles. The monoisotopic (exact) mass is 343 g/mol. The highest BCUT2D eigenvalue weighted by Crippen LogP contribution is 2.47. The fourth-order valence-corrected chi connectivity index (χ4v) is 3.54. The first kappa shape index (κ1) is 17.9. The lowest BCUT2D eigenvalue weighted by molar-refractivity contribution is -0.145. The molecule has 1 aliphatic heterocycles. The number of amides is 2. The number of piperazine rings is 1. The zero-order valence-electron chi connectivity index (χ0n) is 15.2. The molecule has 136 valence electrons. The molecule has 3 rings (SSSR count). The minimum atomic E-state index is -0.763. The molecule has 1 N–H and O–H groups in total. The fourth-order valence-electron chi connectivity index (χ4n) is 3.54. The first-order valence-corrected chi connectivity index (χ1v) is 9.49. The number of hydrogen-bond acceptors (Lipinski definition) is 3. The molecule has 0 bridgehead atoms. The van der Waals surface area contributed by atoms with E-state index < -0.39 is 5.41 Å². The first-order chi connectivity index (χ1) is 12.2. The van der Waals surface area contributed by atoms with E-state index in [1.165, 1.54) is 5.56 Å². The Morgan fingerprint density at radius 2 is 1.76 bits per heavy atom. The number of carbonyl (C=O) groups is 2. The Labute approximate surface area is 150 Å². The zero-order valence-corrected chi connectivity index (χ0v) is 15.2. The molecule has 25 heavy (non-hydrogen) atoms. The maximum Gasteiger partial charge on any atom is 0.238 e. The second kappa shape index (κ2) is 8.00. The van der Waals surface area contributed by atoms with Crippen LogP contribution in [0.3, 0.4) is 0 Å². The Hall–Kier alpha value is -1.88. The van der Waals surface area contributed by atoms with Gasteiger partial charge in [-0.2, -0.15) is 0 Å². The van der Waals surface area contributed by atoms with Crippen molar-refractivity contribution in [3.8, 4) is 0 Å². The van der Waals surface area contributed by atoms with Crippen molar-refractivity contribution in [3.05, 3.63) is 35.9 Å². The summed E-state index contributed by atoms with van der Waals surface area (Å²) in [7, 11) is 0. The number of nitrogens with one attached hydrogen (secondary N) is 1. The number of aryl methyl sites for hydroxylation is 1.